The van der Waals surface area contributed by atoms with Gasteiger partial charge in [-0.05, 0) is 49.4 Å². The molecule has 124 valence electrons. The SMILES string of the molecule is O=C(O)C1CCO[C@H]1C1CCN(C(=O)c2ccc(F)cc2)CC1. The minimum atomic E-state index is -0.794. The third-order valence-electron chi connectivity index (χ3n) is 4.84. The van der Waals surface area contributed by atoms with Gasteiger partial charge in [-0.1, -0.05) is 0 Å². The smallest absolute Gasteiger partial charge is 0.309 e. The van der Waals surface area contributed by atoms with Gasteiger partial charge in [-0.15, -0.1) is 0 Å². The number of halogens is 1. The van der Waals surface area contributed by atoms with Crippen LogP contribution in [0.4, 0.5) is 4.39 Å². The van der Waals surface area contributed by atoms with Crippen molar-refractivity contribution in [2.75, 3.05) is 19.7 Å². The molecule has 2 aliphatic rings. The first-order valence-electron chi connectivity index (χ1n) is 7.95. The number of hydrogen-bond donors (Lipinski definition) is 1. The number of benzene rings is 1. The molecule has 1 N–H and O–H groups in total. The number of amides is 1. The van der Waals surface area contributed by atoms with Gasteiger partial charge < -0.3 is 14.7 Å². The number of nitrogens with zero attached hydrogens (tertiary/aromatic N) is 1. The summed E-state index contributed by atoms with van der Waals surface area (Å²) in [5.74, 6) is -1.52. The van der Waals surface area contributed by atoms with Crippen molar-refractivity contribution >= 4 is 11.9 Å². The van der Waals surface area contributed by atoms with E-state index in [4.69, 9.17) is 4.74 Å². The fourth-order valence-corrected chi connectivity index (χ4v) is 3.55. The van der Waals surface area contributed by atoms with Crippen LogP contribution in [0.5, 0.6) is 0 Å². The van der Waals surface area contributed by atoms with Crippen LogP contribution in [0, 0.1) is 17.7 Å². The Balaban J connectivity index is 1.59. The van der Waals surface area contributed by atoms with Gasteiger partial charge in [-0.25, -0.2) is 4.39 Å². The lowest BCUT2D eigenvalue weighted by atomic mass is 9.84. The molecule has 2 saturated heterocycles. The van der Waals surface area contributed by atoms with Crippen molar-refractivity contribution in [2.45, 2.75) is 25.4 Å². The van der Waals surface area contributed by atoms with Crippen molar-refractivity contribution in [1.82, 2.24) is 4.90 Å². The molecule has 1 aromatic rings. The predicted octanol–water partition coefficient (Wildman–Crippen LogP) is 2.17. The summed E-state index contributed by atoms with van der Waals surface area (Å²) in [7, 11) is 0. The van der Waals surface area contributed by atoms with E-state index in [0.717, 1.165) is 12.8 Å². The zero-order valence-electron chi connectivity index (χ0n) is 12.8. The van der Waals surface area contributed by atoms with E-state index in [-0.39, 0.29) is 23.7 Å². The molecule has 2 aliphatic heterocycles. The Hall–Kier alpha value is -1.95. The number of carbonyl (C=O) groups excluding carboxylic acids is 1. The van der Waals surface area contributed by atoms with E-state index in [1.165, 1.54) is 24.3 Å². The number of aliphatic carboxylic acids is 1. The Morgan fingerprint density at radius 2 is 1.78 bits per heavy atom. The lowest BCUT2D eigenvalue weighted by Crippen LogP contribution is -2.43. The molecule has 0 bridgehead atoms. The standard InChI is InChI=1S/C17H20FNO4/c18-13-3-1-12(2-4-13)16(20)19-8-5-11(6-9-19)15-14(17(21)22)7-10-23-15/h1-4,11,14-15H,5-10H2,(H,21,22)/t14?,15-/m0/s1. The Kier molecular flexibility index (Phi) is 4.61. The number of piperidine rings is 1. The second-order valence-electron chi connectivity index (χ2n) is 6.21. The Bertz CT molecular complexity index is 581. The Morgan fingerprint density at radius 1 is 1.13 bits per heavy atom. The summed E-state index contributed by atoms with van der Waals surface area (Å²) in [6, 6.07) is 5.54. The van der Waals surface area contributed by atoms with Crippen molar-refractivity contribution in [2.24, 2.45) is 11.8 Å². The average Bonchev–Trinajstić information content (AvgIpc) is 3.05. The zero-order valence-corrected chi connectivity index (χ0v) is 12.8. The van der Waals surface area contributed by atoms with E-state index in [9.17, 15) is 19.1 Å². The second-order valence-corrected chi connectivity index (χ2v) is 6.21. The van der Waals surface area contributed by atoms with Crippen LogP contribution >= 0.6 is 0 Å². The number of carboxylic acid groups (broad SMARTS) is 1. The molecule has 1 amide bonds. The minimum Gasteiger partial charge on any atom is -0.481 e. The number of carbonyl (C=O) groups is 2. The van der Waals surface area contributed by atoms with Gasteiger partial charge in [0.05, 0.1) is 12.0 Å². The number of rotatable bonds is 3. The van der Waals surface area contributed by atoms with Crippen LogP contribution < -0.4 is 0 Å². The highest BCUT2D eigenvalue weighted by Crippen LogP contribution is 2.33. The Morgan fingerprint density at radius 3 is 2.39 bits per heavy atom. The molecule has 0 aliphatic carbocycles. The predicted molar refractivity (Wildman–Crippen MR) is 80.5 cm³/mol. The third-order valence-corrected chi connectivity index (χ3v) is 4.84. The first kappa shape index (κ1) is 15.9. The van der Waals surface area contributed by atoms with Gasteiger partial charge in [0, 0.05) is 25.3 Å². The van der Waals surface area contributed by atoms with E-state index in [1.807, 2.05) is 0 Å². The molecule has 0 spiro atoms. The average molecular weight is 321 g/mol. The van der Waals surface area contributed by atoms with Gasteiger partial charge in [-0.2, -0.15) is 0 Å². The fraction of sp³-hybridized carbons (Fsp3) is 0.529. The largest absolute Gasteiger partial charge is 0.481 e. The summed E-state index contributed by atoms with van der Waals surface area (Å²) in [5.41, 5.74) is 0.477. The molecule has 5 nitrogen and oxygen atoms in total. The van der Waals surface area contributed by atoms with Crippen LogP contribution in [0.2, 0.25) is 0 Å². The van der Waals surface area contributed by atoms with Crippen LogP contribution in [-0.4, -0.2) is 47.7 Å². The molecule has 2 atom stereocenters. The highest BCUT2D eigenvalue weighted by atomic mass is 19.1. The summed E-state index contributed by atoms with van der Waals surface area (Å²) in [6.45, 7) is 1.65. The van der Waals surface area contributed by atoms with Gasteiger partial charge in [0.1, 0.15) is 5.82 Å². The third kappa shape index (κ3) is 3.37. The second kappa shape index (κ2) is 6.66. The van der Waals surface area contributed by atoms with E-state index >= 15 is 0 Å². The van der Waals surface area contributed by atoms with Crippen molar-refractivity contribution in [3.05, 3.63) is 35.6 Å². The van der Waals surface area contributed by atoms with Gasteiger partial charge >= 0.3 is 5.97 Å². The van der Waals surface area contributed by atoms with E-state index in [1.54, 1.807) is 4.90 Å². The Labute approximate surface area is 134 Å². The lowest BCUT2D eigenvalue weighted by Gasteiger charge is -2.35. The molecule has 0 radical (unpaired) electrons. The van der Waals surface area contributed by atoms with Crippen LogP contribution in [0.1, 0.15) is 29.6 Å². The number of likely N-dealkylation sites (tertiary alicyclic amines) is 1. The molecule has 1 unspecified atom stereocenters. The van der Waals surface area contributed by atoms with Crippen LogP contribution in [-0.2, 0) is 9.53 Å². The normalized spacial score (nSPS) is 25.5. The quantitative estimate of drug-likeness (QED) is 0.926. The molecule has 0 saturated carbocycles. The van der Waals surface area contributed by atoms with E-state index in [2.05, 4.69) is 0 Å². The van der Waals surface area contributed by atoms with E-state index in [0.29, 0.717) is 31.7 Å². The van der Waals surface area contributed by atoms with Gasteiger partial charge in [0.2, 0.25) is 0 Å². The molecular weight excluding hydrogens is 301 g/mol. The van der Waals surface area contributed by atoms with E-state index < -0.39 is 11.9 Å². The van der Waals surface area contributed by atoms with Crippen LogP contribution in [0.3, 0.4) is 0 Å². The summed E-state index contributed by atoms with van der Waals surface area (Å²) < 4.78 is 18.6. The van der Waals surface area contributed by atoms with Crippen molar-refractivity contribution < 1.29 is 23.8 Å². The van der Waals surface area contributed by atoms with Gasteiger partial charge in [0.25, 0.3) is 5.91 Å². The molecule has 2 fully saturated rings. The summed E-state index contributed by atoms with van der Waals surface area (Å²) in [5, 5.41) is 9.25. The molecule has 6 heteroatoms. The van der Waals surface area contributed by atoms with Crippen molar-refractivity contribution in [1.29, 1.82) is 0 Å². The lowest BCUT2D eigenvalue weighted by molar-refractivity contribution is -0.145. The number of carboxylic acids is 1. The maximum absolute atomic E-state index is 12.9. The topological polar surface area (TPSA) is 66.8 Å². The highest BCUT2D eigenvalue weighted by molar-refractivity contribution is 5.94. The maximum Gasteiger partial charge on any atom is 0.309 e. The molecule has 23 heavy (non-hydrogen) atoms. The van der Waals surface area contributed by atoms with Crippen LogP contribution in [0.15, 0.2) is 24.3 Å². The van der Waals surface area contributed by atoms with Crippen molar-refractivity contribution in [3.63, 3.8) is 0 Å². The summed E-state index contributed by atoms with van der Waals surface area (Å²) in [4.78, 5) is 25.4. The first-order chi connectivity index (χ1) is 11.1. The molecule has 0 aromatic heterocycles. The number of hydrogen-bond acceptors (Lipinski definition) is 3. The minimum absolute atomic E-state index is 0.106. The fourth-order valence-electron chi connectivity index (χ4n) is 3.55. The maximum atomic E-state index is 12.9. The molecule has 2 heterocycles. The highest BCUT2D eigenvalue weighted by Gasteiger charge is 2.40. The molecule has 1 aromatic carbocycles. The van der Waals surface area contributed by atoms with Crippen LogP contribution in [0.25, 0.3) is 0 Å². The molecular formula is C17H20FNO4. The molecule has 3 rings (SSSR count). The van der Waals surface area contributed by atoms with Gasteiger partial charge in [-0.3, -0.25) is 9.59 Å². The zero-order chi connectivity index (χ0) is 16.4. The van der Waals surface area contributed by atoms with Gasteiger partial charge in [0.15, 0.2) is 0 Å². The summed E-state index contributed by atoms with van der Waals surface area (Å²) in [6.07, 6.45) is 1.80. The monoisotopic (exact) mass is 321 g/mol. The first-order valence-corrected chi connectivity index (χ1v) is 7.95. The van der Waals surface area contributed by atoms with Crippen molar-refractivity contribution in [3.8, 4) is 0 Å². The number of ether oxygens (including phenoxy) is 1. The summed E-state index contributed by atoms with van der Waals surface area (Å²) >= 11 is 0.